The molecule has 0 radical (unpaired) electrons. The van der Waals surface area contributed by atoms with Gasteiger partial charge in [-0.25, -0.2) is 4.79 Å². The van der Waals surface area contributed by atoms with Gasteiger partial charge >= 0.3 is 6.03 Å². The number of aromatic nitrogens is 1. The monoisotopic (exact) mass is 456 g/mol. The molecule has 1 heterocycles. The van der Waals surface area contributed by atoms with Crippen LogP contribution in [0.3, 0.4) is 0 Å². The van der Waals surface area contributed by atoms with Gasteiger partial charge in [-0.15, -0.1) is 0 Å². The predicted octanol–water partition coefficient (Wildman–Crippen LogP) is 4.79. The number of amides is 3. The fourth-order valence-electron chi connectivity index (χ4n) is 6.99. The van der Waals surface area contributed by atoms with Crippen molar-refractivity contribution in [3.63, 3.8) is 0 Å². The van der Waals surface area contributed by atoms with Crippen molar-refractivity contribution in [3.8, 4) is 0 Å². The smallest absolute Gasteiger partial charge is 0.318 e. The lowest BCUT2D eigenvalue weighted by Gasteiger charge is -2.57. The molecule has 33 heavy (non-hydrogen) atoms. The normalized spacial score (nSPS) is 27.7. The molecule has 4 aliphatic carbocycles. The van der Waals surface area contributed by atoms with E-state index in [1.807, 2.05) is 24.2 Å². The van der Waals surface area contributed by atoms with Crippen LogP contribution in [0.15, 0.2) is 18.3 Å². The minimum atomic E-state index is -0.0340. The number of nitrogens with one attached hydrogen (secondary N) is 1. The molecule has 4 bridgehead atoms. The average Bonchev–Trinajstić information content (AvgIpc) is 3.13. The van der Waals surface area contributed by atoms with Crippen molar-refractivity contribution in [2.24, 2.45) is 30.7 Å². The number of urea groups is 1. The van der Waals surface area contributed by atoms with Crippen LogP contribution in [0.4, 0.5) is 4.79 Å². The molecule has 4 aliphatic rings. The Morgan fingerprint density at radius 2 is 1.76 bits per heavy atom. The van der Waals surface area contributed by atoms with E-state index in [0.29, 0.717) is 19.0 Å². The summed E-state index contributed by atoms with van der Waals surface area (Å²) < 4.78 is 2.07. The molecule has 0 unspecified atom stereocenters. The van der Waals surface area contributed by atoms with E-state index >= 15 is 0 Å². The number of nitrogens with zero attached hydrogens (tertiary/aromatic N) is 3. The largest absolute Gasteiger partial charge is 0.353 e. The van der Waals surface area contributed by atoms with E-state index in [1.165, 1.54) is 19.3 Å². The van der Waals surface area contributed by atoms with E-state index in [9.17, 15) is 9.59 Å². The number of carbonyl (C=O) groups is 2. The molecule has 0 spiro atoms. The van der Waals surface area contributed by atoms with Crippen molar-refractivity contribution in [1.29, 1.82) is 0 Å². The molecular formula is C27H44N4O2. The summed E-state index contributed by atoms with van der Waals surface area (Å²) in [5.41, 5.74) is 1.09. The number of rotatable bonds is 10. The summed E-state index contributed by atoms with van der Waals surface area (Å²) in [6, 6.07) is 4.05. The first kappa shape index (κ1) is 24.2. The summed E-state index contributed by atoms with van der Waals surface area (Å²) in [5, 5.41) is 3.48. The van der Waals surface area contributed by atoms with Crippen molar-refractivity contribution in [1.82, 2.24) is 19.7 Å². The minimum absolute atomic E-state index is 0.0327. The second-order valence-electron chi connectivity index (χ2n) is 11.7. The molecule has 1 N–H and O–H groups in total. The Balaban J connectivity index is 1.43. The van der Waals surface area contributed by atoms with Crippen LogP contribution >= 0.6 is 0 Å². The highest BCUT2D eigenvalue weighted by atomic mass is 16.2. The van der Waals surface area contributed by atoms with Crippen LogP contribution in [0.2, 0.25) is 0 Å². The van der Waals surface area contributed by atoms with Gasteiger partial charge in [0, 0.05) is 37.6 Å². The first-order valence-electron chi connectivity index (χ1n) is 13.2. The third-order valence-corrected chi connectivity index (χ3v) is 8.15. The van der Waals surface area contributed by atoms with E-state index in [2.05, 4.69) is 36.7 Å². The second-order valence-corrected chi connectivity index (χ2v) is 11.7. The molecule has 1 aromatic heterocycles. The van der Waals surface area contributed by atoms with Crippen LogP contribution in [0.25, 0.3) is 0 Å². The van der Waals surface area contributed by atoms with Crippen LogP contribution in [0.5, 0.6) is 0 Å². The Kier molecular flexibility index (Phi) is 7.40. The maximum atomic E-state index is 13.5. The van der Waals surface area contributed by atoms with Crippen LogP contribution in [-0.4, -0.2) is 51.5 Å². The molecule has 3 amide bonds. The van der Waals surface area contributed by atoms with E-state index in [0.717, 1.165) is 62.1 Å². The maximum absolute atomic E-state index is 13.5. The van der Waals surface area contributed by atoms with Gasteiger partial charge in [0.1, 0.15) is 6.54 Å². The van der Waals surface area contributed by atoms with Crippen LogP contribution in [0, 0.1) is 23.7 Å². The standard InChI is InChI=1S/C27H44N4O2/c1-5-6-10-30(18-24-8-7-9-29(24)4)25(32)19-31(17-20(2)3)26(33)28-27-14-21-11-22(15-27)13-23(12-21)16-27/h7-9,20-23H,5-6,10-19H2,1-4H3,(H,28,33). The Bertz CT molecular complexity index is 795. The van der Waals surface area contributed by atoms with Gasteiger partial charge in [0.05, 0.1) is 6.54 Å². The Morgan fingerprint density at radius 3 is 2.27 bits per heavy atom. The molecule has 4 fully saturated rings. The quantitative estimate of drug-likeness (QED) is 0.550. The van der Waals surface area contributed by atoms with Gasteiger partial charge in [-0.1, -0.05) is 27.2 Å². The van der Waals surface area contributed by atoms with Gasteiger partial charge in [-0.2, -0.15) is 0 Å². The predicted molar refractivity (Wildman–Crippen MR) is 132 cm³/mol. The summed E-state index contributed by atoms with van der Waals surface area (Å²) in [6.07, 6.45) is 11.5. The highest BCUT2D eigenvalue weighted by molar-refractivity contribution is 5.84. The van der Waals surface area contributed by atoms with Crippen LogP contribution < -0.4 is 5.32 Å². The molecule has 0 aliphatic heterocycles. The fourth-order valence-corrected chi connectivity index (χ4v) is 6.99. The van der Waals surface area contributed by atoms with Crippen molar-refractivity contribution in [2.75, 3.05) is 19.6 Å². The molecule has 5 rings (SSSR count). The van der Waals surface area contributed by atoms with E-state index in [-0.39, 0.29) is 24.0 Å². The molecule has 0 atom stereocenters. The van der Waals surface area contributed by atoms with Crippen molar-refractivity contribution in [3.05, 3.63) is 24.0 Å². The first-order chi connectivity index (χ1) is 15.8. The first-order valence-corrected chi connectivity index (χ1v) is 13.2. The Hall–Kier alpha value is -1.98. The molecule has 0 aromatic carbocycles. The lowest BCUT2D eigenvalue weighted by atomic mass is 9.53. The number of hydrogen-bond donors (Lipinski definition) is 1. The summed E-state index contributed by atoms with van der Waals surface area (Å²) in [4.78, 5) is 30.7. The van der Waals surface area contributed by atoms with E-state index in [4.69, 9.17) is 0 Å². The Labute approximate surface area is 200 Å². The van der Waals surface area contributed by atoms with Crippen molar-refractivity contribution in [2.45, 2.75) is 84.2 Å². The summed E-state index contributed by atoms with van der Waals surface area (Å²) in [6.45, 7) is 8.47. The summed E-state index contributed by atoms with van der Waals surface area (Å²) >= 11 is 0. The maximum Gasteiger partial charge on any atom is 0.318 e. The van der Waals surface area contributed by atoms with Gasteiger partial charge in [0.2, 0.25) is 5.91 Å². The lowest BCUT2D eigenvalue weighted by Crippen LogP contribution is -2.62. The zero-order valence-electron chi connectivity index (χ0n) is 21.2. The van der Waals surface area contributed by atoms with Gasteiger partial charge in [0.25, 0.3) is 0 Å². The lowest BCUT2D eigenvalue weighted by molar-refractivity contribution is -0.132. The molecule has 184 valence electrons. The molecule has 6 heteroatoms. The molecule has 4 saturated carbocycles. The molecule has 1 aromatic rings. The third kappa shape index (κ3) is 5.75. The average molecular weight is 457 g/mol. The van der Waals surface area contributed by atoms with E-state index < -0.39 is 0 Å². The van der Waals surface area contributed by atoms with Crippen molar-refractivity contribution >= 4 is 11.9 Å². The fraction of sp³-hybridized carbons (Fsp3) is 0.778. The van der Waals surface area contributed by atoms with Gasteiger partial charge in [0.15, 0.2) is 0 Å². The third-order valence-electron chi connectivity index (χ3n) is 8.15. The van der Waals surface area contributed by atoms with Gasteiger partial charge < -0.3 is 19.7 Å². The molecule has 0 saturated heterocycles. The SMILES string of the molecule is CCCCN(Cc1cccn1C)C(=O)CN(CC(C)C)C(=O)NC12CC3CC(CC(C3)C1)C2. The summed E-state index contributed by atoms with van der Waals surface area (Å²) in [7, 11) is 2.02. The van der Waals surface area contributed by atoms with Crippen molar-refractivity contribution < 1.29 is 9.59 Å². The minimum Gasteiger partial charge on any atom is -0.353 e. The zero-order valence-corrected chi connectivity index (χ0v) is 21.2. The molecular weight excluding hydrogens is 412 g/mol. The zero-order chi connectivity index (χ0) is 23.6. The number of carbonyl (C=O) groups excluding carboxylic acids is 2. The summed E-state index contributed by atoms with van der Waals surface area (Å²) in [5.74, 6) is 2.72. The number of unbranched alkanes of at least 4 members (excludes halogenated alkanes) is 1. The number of aryl methyl sites for hydroxylation is 1. The topological polar surface area (TPSA) is 57.6 Å². The van der Waals surface area contributed by atoms with Crippen LogP contribution in [0.1, 0.15) is 77.8 Å². The second kappa shape index (κ2) is 10.1. The van der Waals surface area contributed by atoms with Gasteiger partial charge in [-0.3, -0.25) is 4.79 Å². The van der Waals surface area contributed by atoms with Gasteiger partial charge in [-0.05, 0) is 80.8 Å². The highest BCUT2D eigenvalue weighted by Crippen LogP contribution is 2.55. The molecule has 6 nitrogen and oxygen atoms in total. The highest BCUT2D eigenvalue weighted by Gasteiger charge is 2.51. The number of hydrogen-bond acceptors (Lipinski definition) is 2. The van der Waals surface area contributed by atoms with E-state index in [1.54, 1.807) is 4.90 Å². The Morgan fingerprint density at radius 1 is 1.12 bits per heavy atom. The van der Waals surface area contributed by atoms with Crippen LogP contribution in [-0.2, 0) is 18.4 Å².